The minimum Gasteiger partial charge on any atom is -0.330 e. The zero-order chi connectivity index (χ0) is 11.1. The van der Waals surface area contributed by atoms with Crippen LogP contribution in [0.25, 0.3) is 0 Å². The normalized spacial score (nSPS) is 13.0. The smallest absolute Gasteiger partial charge is 0.0299 e. The number of rotatable bonds is 7. The molecule has 0 aromatic carbocycles. The van der Waals surface area contributed by atoms with Gasteiger partial charge < -0.3 is 11.1 Å². The van der Waals surface area contributed by atoms with Crippen molar-refractivity contribution in [3.63, 3.8) is 0 Å². The molecule has 0 bridgehead atoms. The van der Waals surface area contributed by atoms with Crippen LogP contribution in [0.15, 0.2) is 12.1 Å². The van der Waals surface area contributed by atoms with E-state index < -0.39 is 0 Å². The van der Waals surface area contributed by atoms with Gasteiger partial charge in [-0.2, -0.15) is 0 Å². The third-order valence-corrected chi connectivity index (χ3v) is 3.94. The summed E-state index contributed by atoms with van der Waals surface area (Å²) >= 11 is 1.91. The molecule has 1 aromatic rings. The molecule has 15 heavy (non-hydrogen) atoms. The van der Waals surface area contributed by atoms with Crippen LogP contribution in [0.5, 0.6) is 0 Å². The second-order valence-electron chi connectivity index (χ2n) is 3.86. The number of hydrogen-bond donors (Lipinski definition) is 2. The Bertz CT molecular complexity index is 266. The Labute approximate surface area is 96.9 Å². The van der Waals surface area contributed by atoms with Gasteiger partial charge in [-0.15, -0.1) is 11.3 Å². The van der Waals surface area contributed by atoms with Gasteiger partial charge in [0.2, 0.25) is 0 Å². The van der Waals surface area contributed by atoms with Crippen LogP contribution in [-0.4, -0.2) is 13.1 Å². The number of hydrogen-bond acceptors (Lipinski definition) is 3. The van der Waals surface area contributed by atoms with E-state index in [1.807, 2.05) is 11.3 Å². The zero-order valence-corrected chi connectivity index (χ0v) is 10.6. The van der Waals surface area contributed by atoms with Crippen LogP contribution >= 0.6 is 11.3 Å². The lowest BCUT2D eigenvalue weighted by Crippen LogP contribution is -2.27. The standard InChI is InChI=1S/C12H22N2S/c1-3-10(7-13)8-14-9-12-6-5-11(4-2)15-12/h5-6,10,14H,3-4,7-9,13H2,1-2H3. The fourth-order valence-electron chi connectivity index (χ4n) is 1.50. The second-order valence-corrected chi connectivity index (χ2v) is 5.12. The summed E-state index contributed by atoms with van der Waals surface area (Å²) in [5.41, 5.74) is 5.65. The number of nitrogens with one attached hydrogen (secondary N) is 1. The molecule has 0 saturated heterocycles. The molecule has 0 radical (unpaired) electrons. The summed E-state index contributed by atoms with van der Waals surface area (Å²) in [6, 6.07) is 4.45. The maximum atomic E-state index is 5.65. The molecule has 1 rings (SSSR count). The molecule has 1 heterocycles. The Morgan fingerprint density at radius 1 is 1.33 bits per heavy atom. The average Bonchev–Trinajstić information content (AvgIpc) is 2.72. The number of thiophene rings is 1. The lowest BCUT2D eigenvalue weighted by molar-refractivity contribution is 0.472. The van der Waals surface area contributed by atoms with Gasteiger partial charge in [-0.25, -0.2) is 0 Å². The first-order chi connectivity index (χ1) is 7.30. The molecule has 3 heteroatoms. The van der Waals surface area contributed by atoms with E-state index in [1.54, 1.807) is 0 Å². The maximum Gasteiger partial charge on any atom is 0.0299 e. The van der Waals surface area contributed by atoms with Gasteiger partial charge in [0.15, 0.2) is 0 Å². The molecule has 0 amide bonds. The molecule has 0 aliphatic carbocycles. The van der Waals surface area contributed by atoms with Gasteiger partial charge >= 0.3 is 0 Å². The van der Waals surface area contributed by atoms with E-state index in [-0.39, 0.29) is 0 Å². The second kappa shape index (κ2) is 6.99. The summed E-state index contributed by atoms with van der Waals surface area (Å²) in [5, 5.41) is 3.47. The Morgan fingerprint density at radius 3 is 2.60 bits per heavy atom. The van der Waals surface area contributed by atoms with Crippen LogP contribution in [0.2, 0.25) is 0 Å². The Kier molecular flexibility index (Phi) is 5.91. The van der Waals surface area contributed by atoms with Crippen LogP contribution in [0.3, 0.4) is 0 Å². The molecule has 3 N–H and O–H groups in total. The van der Waals surface area contributed by atoms with Crippen molar-refractivity contribution in [2.24, 2.45) is 11.7 Å². The van der Waals surface area contributed by atoms with Crippen molar-refractivity contribution in [2.75, 3.05) is 13.1 Å². The SMILES string of the molecule is CCc1ccc(CNCC(CC)CN)s1. The molecule has 1 aromatic heterocycles. The highest BCUT2D eigenvalue weighted by Gasteiger charge is 2.03. The van der Waals surface area contributed by atoms with Crippen LogP contribution < -0.4 is 11.1 Å². The van der Waals surface area contributed by atoms with Crippen LogP contribution in [0, 0.1) is 5.92 Å². The highest BCUT2D eigenvalue weighted by atomic mass is 32.1. The molecule has 2 nitrogen and oxygen atoms in total. The summed E-state index contributed by atoms with van der Waals surface area (Å²) in [5.74, 6) is 0.621. The molecule has 0 saturated carbocycles. The average molecular weight is 226 g/mol. The van der Waals surface area contributed by atoms with Crippen molar-refractivity contribution in [2.45, 2.75) is 33.2 Å². The first kappa shape index (κ1) is 12.7. The predicted molar refractivity (Wildman–Crippen MR) is 68.2 cm³/mol. The van der Waals surface area contributed by atoms with Crippen molar-refractivity contribution in [1.29, 1.82) is 0 Å². The Hall–Kier alpha value is -0.380. The summed E-state index contributed by atoms with van der Waals surface area (Å²) in [7, 11) is 0. The third-order valence-electron chi connectivity index (χ3n) is 2.71. The molecular weight excluding hydrogens is 204 g/mol. The maximum absolute atomic E-state index is 5.65. The molecule has 0 spiro atoms. The Balaban J connectivity index is 2.25. The van der Waals surface area contributed by atoms with E-state index in [1.165, 1.54) is 9.75 Å². The quantitative estimate of drug-likeness (QED) is 0.749. The van der Waals surface area contributed by atoms with E-state index in [0.29, 0.717) is 5.92 Å². The highest BCUT2D eigenvalue weighted by Crippen LogP contribution is 2.16. The van der Waals surface area contributed by atoms with Gasteiger partial charge in [-0.3, -0.25) is 0 Å². The van der Waals surface area contributed by atoms with Crippen molar-refractivity contribution in [1.82, 2.24) is 5.32 Å². The van der Waals surface area contributed by atoms with Gasteiger partial charge in [0, 0.05) is 16.3 Å². The third kappa shape index (κ3) is 4.33. The van der Waals surface area contributed by atoms with Crippen LogP contribution in [0.4, 0.5) is 0 Å². The fraction of sp³-hybridized carbons (Fsp3) is 0.667. The van der Waals surface area contributed by atoms with Gasteiger partial charge in [-0.1, -0.05) is 20.3 Å². The lowest BCUT2D eigenvalue weighted by Gasteiger charge is -2.12. The van der Waals surface area contributed by atoms with Gasteiger partial charge in [0.25, 0.3) is 0 Å². The van der Waals surface area contributed by atoms with Crippen LogP contribution in [0.1, 0.15) is 30.0 Å². The molecular formula is C12H22N2S. The number of nitrogens with two attached hydrogens (primary N) is 1. The van der Waals surface area contributed by atoms with E-state index in [4.69, 9.17) is 5.73 Å². The van der Waals surface area contributed by atoms with E-state index in [9.17, 15) is 0 Å². The Morgan fingerprint density at radius 2 is 2.07 bits per heavy atom. The molecule has 1 atom stereocenters. The first-order valence-corrected chi connectivity index (χ1v) is 6.60. The largest absolute Gasteiger partial charge is 0.330 e. The molecule has 86 valence electrons. The summed E-state index contributed by atoms with van der Waals surface area (Å²) < 4.78 is 0. The summed E-state index contributed by atoms with van der Waals surface area (Å²) in [4.78, 5) is 2.90. The minimum absolute atomic E-state index is 0.621. The van der Waals surface area contributed by atoms with Crippen molar-refractivity contribution < 1.29 is 0 Å². The highest BCUT2D eigenvalue weighted by molar-refractivity contribution is 7.11. The van der Waals surface area contributed by atoms with Crippen LogP contribution in [-0.2, 0) is 13.0 Å². The fourth-order valence-corrected chi connectivity index (χ4v) is 2.43. The predicted octanol–water partition coefficient (Wildman–Crippen LogP) is 2.39. The molecule has 1 unspecified atom stereocenters. The van der Waals surface area contributed by atoms with Gasteiger partial charge in [-0.05, 0) is 37.6 Å². The summed E-state index contributed by atoms with van der Waals surface area (Å²) in [6.45, 7) is 7.20. The molecule has 0 aliphatic heterocycles. The van der Waals surface area contributed by atoms with Crippen molar-refractivity contribution >= 4 is 11.3 Å². The minimum atomic E-state index is 0.621. The summed E-state index contributed by atoms with van der Waals surface area (Å²) in [6.07, 6.45) is 2.30. The lowest BCUT2D eigenvalue weighted by atomic mass is 10.1. The molecule has 0 fully saturated rings. The number of aryl methyl sites for hydroxylation is 1. The van der Waals surface area contributed by atoms with Gasteiger partial charge in [0.05, 0.1) is 0 Å². The van der Waals surface area contributed by atoms with E-state index in [0.717, 1.165) is 32.5 Å². The first-order valence-electron chi connectivity index (χ1n) is 5.78. The zero-order valence-electron chi connectivity index (χ0n) is 9.75. The topological polar surface area (TPSA) is 38.0 Å². The van der Waals surface area contributed by atoms with E-state index >= 15 is 0 Å². The van der Waals surface area contributed by atoms with Crippen molar-refractivity contribution in [3.05, 3.63) is 21.9 Å². The van der Waals surface area contributed by atoms with Gasteiger partial charge in [0.1, 0.15) is 0 Å². The van der Waals surface area contributed by atoms with E-state index in [2.05, 4.69) is 31.3 Å². The van der Waals surface area contributed by atoms with Crippen molar-refractivity contribution in [3.8, 4) is 0 Å². The monoisotopic (exact) mass is 226 g/mol. The molecule has 0 aliphatic rings.